The number of hydrogen-bond acceptors (Lipinski definition) is 5. The van der Waals surface area contributed by atoms with Crippen LogP contribution >= 0.6 is 11.6 Å². The van der Waals surface area contributed by atoms with Crippen LogP contribution < -0.4 is 5.32 Å². The van der Waals surface area contributed by atoms with Crippen molar-refractivity contribution in [3.8, 4) is 6.07 Å². The van der Waals surface area contributed by atoms with Gasteiger partial charge in [-0.2, -0.15) is 5.26 Å². The van der Waals surface area contributed by atoms with Crippen LogP contribution in [0.2, 0.25) is 5.15 Å². The van der Waals surface area contributed by atoms with Crippen molar-refractivity contribution in [2.45, 2.75) is 19.1 Å². The summed E-state index contributed by atoms with van der Waals surface area (Å²) in [5.74, 6) is -0.312. The van der Waals surface area contributed by atoms with Crippen LogP contribution in [0.25, 0.3) is 0 Å². The zero-order valence-electron chi connectivity index (χ0n) is 9.59. The number of hydrogen-bond donors (Lipinski definition) is 3. The van der Waals surface area contributed by atoms with E-state index in [9.17, 15) is 15.0 Å². The molecular weight excluding hydrogens is 258 g/mol. The molecule has 1 aromatic rings. The topological polar surface area (TPSA) is 106 Å². The van der Waals surface area contributed by atoms with E-state index in [1.165, 1.54) is 19.2 Å². The molecule has 0 aliphatic heterocycles. The van der Waals surface area contributed by atoms with Gasteiger partial charge < -0.3 is 15.5 Å². The molecule has 0 aliphatic rings. The van der Waals surface area contributed by atoms with Gasteiger partial charge in [0.05, 0.1) is 5.56 Å². The smallest absolute Gasteiger partial charge is 0.216 e. The number of amides is 1. The van der Waals surface area contributed by atoms with Gasteiger partial charge in [0.2, 0.25) is 5.91 Å². The maximum absolute atomic E-state index is 10.7. The van der Waals surface area contributed by atoms with Crippen LogP contribution in [0.3, 0.4) is 0 Å². The fourth-order valence-corrected chi connectivity index (χ4v) is 1.43. The van der Waals surface area contributed by atoms with Crippen molar-refractivity contribution in [1.82, 2.24) is 10.3 Å². The molecule has 96 valence electrons. The Bertz CT molecular complexity index is 487. The van der Waals surface area contributed by atoms with Gasteiger partial charge >= 0.3 is 0 Å². The summed E-state index contributed by atoms with van der Waals surface area (Å²) in [6, 6.07) is 3.17. The van der Waals surface area contributed by atoms with E-state index >= 15 is 0 Å². The number of aromatic nitrogens is 1. The Kier molecular flexibility index (Phi) is 5.04. The summed E-state index contributed by atoms with van der Waals surface area (Å²) in [6.45, 7) is 1.21. The number of aliphatic hydroxyl groups excluding tert-OH is 2. The highest BCUT2D eigenvalue weighted by atomic mass is 35.5. The van der Waals surface area contributed by atoms with Gasteiger partial charge in [0, 0.05) is 25.2 Å². The Hall–Kier alpha value is -1.68. The second kappa shape index (κ2) is 6.31. The second-order valence-corrected chi connectivity index (χ2v) is 4.03. The number of carbonyl (C=O) groups excluding carboxylic acids is 1. The summed E-state index contributed by atoms with van der Waals surface area (Å²) in [5.41, 5.74) is 0.369. The lowest BCUT2D eigenvalue weighted by Crippen LogP contribution is -2.34. The Morgan fingerprint density at radius 2 is 2.33 bits per heavy atom. The molecular formula is C11H12ClN3O3. The predicted molar refractivity (Wildman–Crippen MR) is 63.6 cm³/mol. The zero-order valence-corrected chi connectivity index (χ0v) is 10.3. The Balaban J connectivity index is 2.80. The normalized spacial score (nSPS) is 13.5. The molecule has 0 aliphatic carbocycles. The van der Waals surface area contributed by atoms with Crippen LogP contribution in [0.15, 0.2) is 12.3 Å². The van der Waals surface area contributed by atoms with Crippen LogP contribution in [-0.4, -0.2) is 33.8 Å². The average Bonchev–Trinajstić information content (AvgIpc) is 2.35. The monoisotopic (exact) mass is 269 g/mol. The first-order valence-electron chi connectivity index (χ1n) is 5.11. The Morgan fingerprint density at radius 3 is 2.89 bits per heavy atom. The molecule has 0 aromatic carbocycles. The summed E-state index contributed by atoms with van der Waals surface area (Å²) in [5, 5.41) is 30.6. The minimum atomic E-state index is -1.26. The molecule has 0 saturated heterocycles. The maximum Gasteiger partial charge on any atom is 0.216 e. The molecule has 0 bridgehead atoms. The lowest BCUT2D eigenvalue weighted by Gasteiger charge is -2.18. The molecule has 3 N–H and O–H groups in total. The highest BCUT2D eigenvalue weighted by Crippen LogP contribution is 2.20. The molecule has 6 nitrogen and oxygen atoms in total. The van der Waals surface area contributed by atoms with E-state index in [4.69, 9.17) is 16.9 Å². The largest absolute Gasteiger partial charge is 0.388 e. The van der Waals surface area contributed by atoms with Gasteiger partial charge in [0.15, 0.2) is 0 Å². The van der Waals surface area contributed by atoms with E-state index in [0.717, 1.165) is 0 Å². The number of aliphatic hydroxyl groups is 2. The van der Waals surface area contributed by atoms with Crippen molar-refractivity contribution in [2.75, 3.05) is 6.54 Å². The van der Waals surface area contributed by atoms with Gasteiger partial charge in [-0.25, -0.2) is 4.98 Å². The van der Waals surface area contributed by atoms with Crippen LogP contribution in [0.5, 0.6) is 0 Å². The first-order chi connectivity index (χ1) is 8.45. The van der Waals surface area contributed by atoms with Crippen LogP contribution in [0.4, 0.5) is 0 Å². The van der Waals surface area contributed by atoms with Gasteiger partial charge in [0.1, 0.15) is 23.4 Å². The molecule has 1 amide bonds. The summed E-state index contributed by atoms with van der Waals surface area (Å²) < 4.78 is 0. The number of pyridine rings is 1. The molecule has 0 radical (unpaired) electrons. The lowest BCUT2D eigenvalue weighted by atomic mass is 10.0. The quantitative estimate of drug-likeness (QED) is 0.674. The van der Waals surface area contributed by atoms with E-state index in [-0.39, 0.29) is 28.7 Å². The van der Waals surface area contributed by atoms with E-state index < -0.39 is 12.2 Å². The van der Waals surface area contributed by atoms with Gasteiger partial charge in [-0.1, -0.05) is 11.6 Å². The number of nitriles is 1. The summed E-state index contributed by atoms with van der Waals surface area (Å²) in [7, 11) is 0. The minimum absolute atomic E-state index is 0.0322. The minimum Gasteiger partial charge on any atom is -0.388 e. The predicted octanol–water partition coefficient (Wildman–Crippen LogP) is 0.137. The molecule has 0 saturated carbocycles. The van der Waals surface area contributed by atoms with Crippen molar-refractivity contribution >= 4 is 17.5 Å². The number of nitrogens with zero attached hydrogens (tertiary/aromatic N) is 2. The molecule has 2 atom stereocenters. The van der Waals surface area contributed by atoms with E-state index in [1.54, 1.807) is 0 Å². The molecule has 0 spiro atoms. The fourth-order valence-electron chi connectivity index (χ4n) is 1.29. The Labute approximate surface area is 109 Å². The first-order valence-corrected chi connectivity index (χ1v) is 5.49. The molecule has 0 fully saturated rings. The third-order valence-electron chi connectivity index (χ3n) is 2.25. The third kappa shape index (κ3) is 3.67. The number of carbonyl (C=O) groups is 1. The third-order valence-corrected chi connectivity index (χ3v) is 2.55. The van der Waals surface area contributed by atoms with Crippen molar-refractivity contribution in [3.05, 3.63) is 28.5 Å². The van der Waals surface area contributed by atoms with Crippen molar-refractivity contribution in [3.63, 3.8) is 0 Å². The van der Waals surface area contributed by atoms with Crippen LogP contribution in [0.1, 0.15) is 24.2 Å². The molecule has 1 rings (SSSR count). The molecule has 1 aromatic heterocycles. The first kappa shape index (κ1) is 14.4. The Morgan fingerprint density at radius 1 is 1.67 bits per heavy atom. The molecule has 1 heterocycles. The summed E-state index contributed by atoms with van der Waals surface area (Å²) in [6.07, 6.45) is -1.18. The lowest BCUT2D eigenvalue weighted by molar-refractivity contribution is -0.119. The maximum atomic E-state index is 10.7. The van der Waals surface area contributed by atoms with Crippen LogP contribution in [-0.2, 0) is 4.79 Å². The van der Waals surface area contributed by atoms with Crippen LogP contribution in [0, 0.1) is 11.3 Å². The van der Waals surface area contributed by atoms with Crippen molar-refractivity contribution in [2.24, 2.45) is 0 Å². The van der Waals surface area contributed by atoms with Gasteiger partial charge in [-0.3, -0.25) is 4.79 Å². The number of nitrogens with one attached hydrogen (secondary N) is 1. The van der Waals surface area contributed by atoms with E-state index in [2.05, 4.69) is 10.3 Å². The second-order valence-electron chi connectivity index (χ2n) is 3.67. The summed E-state index contributed by atoms with van der Waals surface area (Å²) in [4.78, 5) is 14.4. The standard InChI is InChI=1S/C11H12ClN3O3/c1-6(16)14-5-9(17)10(18)8-2-7(3-13)11(12)15-4-8/h2,4,9-10,17-18H,5H2,1H3,(H,14,16). The van der Waals surface area contributed by atoms with E-state index in [1.807, 2.05) is 6.07 Å². The fraction of sp³-hybridized carbons (Fsp3) is 0.364. The van der Waals surface area contributed by atoms with Gasteiger partial charge in [-0.15, -0.1) is 0 Å². The highest BCUT2D eigenvalue weighted by molar-refractivity contribution is 6.30. The van der Waals surface area contributed by atoms with Crippen molar-refractivity contribution < 1.29 is 15.0 Å². The van der Waals surface area contributed by atoms with Gasteiger partial charge in [0.25, 0.3) is 0 Å². The summed E-state index contributed by atoms with van der Waals surface area (Å²) >= 11 is 5.65. The van der Waals surface area contributed by atoms with E-state index in [0.29, 0.717) is 0 Å². The molecule has 2 unspecified atom stereocenters. The molecule has 18 heavy (non-hydrogen) atoms. The zero-order chi connectivity index (χ0) is 13.7. The van der Waals surface area contributed by atoms with Gasteiger partial charge in [-0.05, 0) is 6.07 Å². The number of halogens is 1. The SMILES string of the molecule is CC(=O)NCC(O)C(O)c1cnc(Cl)c(C#N)c1. The highest BCUT2D eigenvalue weighted by Gasteiger charge is 2.20. The van der Waals surface area contributed by atoms with Crippen molar-refractivity contribution in [1.29, 1.82) is 5.26 Å². The number of rotatable bonds is 4. The molecule has 7 heteroatoms. The average molecular weight is 270 g/mol.